The van der Waals surface area contributed by atoms with Crippen LogP contribution in [0.4, 0.5) is 0 Å². The van der Waals surface area contributed by atoms with Crippen LogP contribution in [-0.4, -0.2) is 5.78 Å². The lowest BCUT2D eigenvalue weighted by Gasteiger charge is -2.26. The molecule has 104 valence electrons. The molecule has 0 saturated heterocycles. The number of carbonyl (C=O) groups excluding carboxylic acids is 1. The first-order chi connectivity index (χ1) is 8.60. The molecule has 0 heterocycles. The van der Waals surface area contributed by atoms with E-state index in [0.29, 0.717) is 0 Å². The molecule has 0 amide bonds. The molecule has 0 fully saturated rings. The lowest BCUT2D eigenvalue weighted by atomic mass is 9.76. The van der Waals surface area contributed by atoms with Gasteiger partial charge in [-0.05, 0) is 18.8 Å². The third-order valence-electron chi connectivity index (χ3n) is 3.84. The van der Waals surface area contributed by atoms with E-state index in [2.05, 4.69) is 26.7 Å². The summed E-state index contributed by atoms with van der Waals surface area (Å²) in [7, 11) is 0. The fourth-order valence-electron chi connectivity index (χ4n) is 2.41. The standard InChI is InChI=1S/C17H30O/c1-5-8-10-12-14-17(4,16(18)7-3)15-13-11-9-6-2/h3H,5-6,8-15H2,1-2,4H3. The molecule has 0 N–H and O–H groups in total. The maximum atomic E-state index is 11.9. The maximum absolute atomic E-state index is 11.9. The largest absolute Gasteiger partial charge is 0.284 e. The van der Waals surface area contributed by atoms with Gasteiger partial charge in [0, 0.05) is 5.41 Å². The second-order valence-corrected chi connectivity index (χ2v) is 5.66. The Morgan fingerprint density at radius 3 is 1.72 bits per heavy atom. The SMILES string of the molecule is C#CC(=O)C(C)(CCCCCC)CCCCCC. The van der Waals surface area contributed by atoms with E-state index < -0.39 is 0 Å². The minimum Gasteiger partial charge on any atom is -0.284 e. The first-order valence-corrected chi connectivity index (χ1v) is 7.61. The van der Waals surface area contributed by atoms with Crippen LogP contribution in [0.3, 0.4) is 0 Å². The Morgan fingerprint density at radius 1 is 0.944 bits per heavy atom. The molecule has 0 radical (unpaired) electrons. The highest BCUT2D eigenvalue weighted by molar-refractivity contribution is 5.99. The van der Waals surface area contributed by atoms with Crippen LogP contribution in [0.15, 0.2) is 0 Å². The van der Waals surface area contributed by atoms with E-state index in [9.17, 15) is 4.79 Å². The molecular formula is C17H30O. The smallest absolute Gasteiger partial charge is 0.211 e. The van der Waals surface area contributed by atoms with Crippen LogP contribution in [0.1, 0.15) is 85.0 Å². The second kappa shape index (κ2) is 10.2. The highest BCUT2D eigenvalue weighted by atomic mass is 16.1. The van der Waals surface area contributed by atoms with Gasteiger partial charge < -0.3 is 0 Å². The quantitative estimate of drug-likeness (QED) is 0.282. The molecule has 0 aliphatic rings. The minimum atomic E-state index is -0.268. The number of Topliss-reactive ketones (excluding diaryl/α,β-unsaturated/α-hetero) is 1. The van der Waals surface area contributed by atoms with E-state index >= 15 is 0 Å². The molecule has 0 aromatic carbocycles. The molecule has 0 aromatic rings. The van der Waals surface area contributed by atoms with Crippen molar-refractivity contribution in [3.63, 3.8) is 0 Å². The van der Waals surface area contributed by atoms with E-state index in [4.69, 9.17) is 6.42 Å². The molecule has 0 spiro atoms. The Kier molecular flexibility index (Phi) is 9.74. The Labute approximate surface area is 114 Å². The number of ketones is 1. The van der Waals surface area contributed by atoms with Crippen molar-refractivity contribution in [3.05, 3.63) is 0 Å². The van der Waals surface area contributed by atoms with Crippen LogP contribution in [-0.2, 0) is 4.79 Å². The molecule has 0 saturated carbocycles. The summed E-state index contributed by atoms with van der Waals surface area (Å²) in [4.78, 5) is 11.9. The van der Waals surface area contributed by atoms with Gasteiger partial charge in [0.2, 0.25) is 5.78 Å². The van der Waals surface area contributed by atoms with Crippen molar-refractivity contribution >= 4 is 5.78 Å². The van der Waals surface area contributed by atoms with E-state index in [1.165, 1.54) is 38.5 Å². The van der Waals surface area contributed by atoms with Gasteiger partial charge in [0.1, 0.15) is 0 Å². The van der Waals surface area contributed by atoms with Crippen molar-refractivity contribution in [2.45, 2.75) is 85.0 Å². The van der Waals surface area contributed by atoms with E-state index in [-0.39, 0.29) is 11.2 Å². The van der Waals surface area contributed by atoms with Crippen molar-refractivity contribution in [2.75, 3.05) is 0 Å². The van der Waals surface area contributed by atoms with Crippen LogP contribution < -0.4 is 0 Å². The average molecular weight is 250 g/mol. The minimum absolute atomic E-state index is 0.00972. The molecule has 0 bridgehead atoms. The topological polar surface area (TPSA) is 17.1 Å². The Balaban J connectivity index is 4.17. The molecule has 0 unspecified atom stereocenters. The monoisotopic (exact) mass is 250 g/mol. The fourth-order valence-corrected chi connectivity index (χ4v) is 2.41. The molecular weight excluding hydrogens is 220 g/mol. The van der Waals surface area contributed by atoms with Gasteiger partial charge in [-0.2, -0.15) is 0 Å². The summed E-state index contributed by atoms with van der Waals surface area (Å²) >= 11 is 0. The zero-order valence-electron chi connectivity index (χ0n) is 12.6. The zero-order valence-corrected chi connectivity index (χ0v) is 12.6. The lowest BCUT2D eigenvalue weighted by Crippen LogP contribution is -2.26. The average Bonchev–Trinajstić information content (AvgIpc) is 2.39. The van der Waals surface area contributed by atoms with Crippen LogP contribution in [0.25, 0.3) is 0 Å². The fraction of sp³-hybridized carbons (Fsp3) is 0.824. The van der Waals surface area contributed by atoms with Crippen molar-refractivity contribution < 1.29 is 4.79 Å². The highest BCUT2D eigenvalue weighted by Crippen LogP contribution is 2.32. The third kappa shape index (κ3) is 6.84. The summed E-state index contributed by atoms with van der Waals surface area (Å²) < 4.78 is 0. The number of rotatable bonds is 11. The van der Waals surface area contributed by atoms with Crippen molar-refractivity contribution in [1.29, 1.82) is 0 Å². The van der Waals surface area contributed by atoms with Gasteiger partial charge in [-0.1, -0.05) is 72.1 Å². The highest BCUT2D eigenvalue weighted by Gasteiger charge is 2.30. The van der Waals surface area contributed by atoms with Crippen LogP contribution in [0.5, 0.6) is 0 Å². The van der Waals surface area contributed by atoms with Crippen molar-refractivity contribution in [3.8, 4) is 12.3 Å². The molecule has 0 aromatic heterocycles. The van der Waals surface area contributed by atoms with E-state index in [0.717, 1.165) is 25.7 Å². The van der Waals surface area contributed by atoms with E-state index in [1.807, 2.05) is 0 Å². The second-order valence-electron chi connectivity index (χ2n) is 5.66. The predicted octanol–water partition coefficient (Wildman–Crippen LogP) is 5.14. The summed E-state index contributed by atoms with van der Waals surface area (Å²) in [6.45, 7) is 6.47. The maximum Gasteiger partial charge on any atom is 0.211 e. The summed E-state index contributed by atoms with van der Waals surface area (Å²) in [6, 6.07) is 0. The molecule has 0 aliphatic carbocycles. The van der Waals surface area contributed by atoms with Gasteiger partial charge in [0.05, 0.1) is 0 Å². The number of terminal acetylenes is 1. The molecule has 18 heavy (non-hydrogen) atoms. The van der Waals surface area contributed by atoms with Gasteiger partial charge in [-0.15, -0.1) is 6.42 Å². The first kappa shape index (κ1) is 17.2. The number of unbranched alkanes of at least 4 members (excludes halogenated alkanes) is 6. The Morgan fingerprint density at radius 2 is 1.39 bits per heavy atom. The summed E-state index contributed by atoms with van der Waals surface area (Å²) in [5, 5.41) is 0. The molecule has 0 rings (SSSR count). The van der Waals surface area contributed by atoms with Crippen LogP contribution in [0, 0.1) is 17.8 Å². The van der Waals surface area contributed by atoms with Crippen LogP contribution >= 0.6 is 0 Å². The summed E-state index contributed by atoms with van der Waals surface area (Å²) in [6.07, 6.45) is 16.9. The number of carbonyl (C=O) groups is 1. The molecule has 1 nitrogen and oxygen atoms in total. The predicted molar refractivity (Wildman–Crippen MR) is 79.5 cm³/mol. The number of hydrogen-bond acceptors (Lipinski definition) is 1. The van der Waals surface area contributed by atoms with Gasteiger partial charge in [0.25, 0.3) is 0 Å². The van der Waals surface area contributed by atoms with Gasteiger partial charge in [0.15, 0.2) is 0 Å². The van der Waals surface area contributed by atoms with E-state index in [1.54, 1.807) is 0 Å². The summed E-state index contributed by atoms with van der Waals surface area (Å²) in [5.74, 6) is 2.36. The Bertz CT molecular complexity index is 247. The van der Waals surface area contributed by atoms with Crippen molar-refractivity contribution in [1.82, 2.24) is 0 Å². The molecule has 0 aliphatic heterocycles. The third-order valence-corrected chi connectivity index (χ3v) is 3.84. The molecule has 1 heteroatoms. The Hall–Kier alpha value is -0.770. The lowest BCUT2D eigenvalue weighted by molar-refractivity contribution is -0.123. The van der Waals surface area contributed by atoms with Gasteiger partial charge >= 0.3 is 0 Å². The number of hydrogen-bond donors (Lipinski definition) is 0. The first-order valence-electron chi connectivity index (χ1n) is 7.61. The normalized spacial score (nSPS) is 11.2. The summed E-state index contributed by atoms with van der Waals surface area (Å²) in [5.41, 5.74) is -0.268. The van der Waals surface area contributed by atoms with Crippen molar-refractivity contribution in [2.24, 2.45) is 5.41 Å². The molecule has 0 atom stereocenters. The zero-order chi connectivity index (χ0) is 13.9. The van der Waals surface area contributed by atoms with Crippen LogP contribution in [0.2, 0.25) is 0 Å². The van der Waals surface area contributed by atoms with Gasteiger partial charge in [-0.25, -0.2) is 0 Å². The van der Waals surface area contributed by atoms with Gasteiger partial charge in [-0.3, -0.25) is 4.79 Å².